The van der Waals surface area contributed by atoms with Crippen molar-refractivity contribution in [2.75, 3.05) is 13.7 Å². The van der Waals surface area contributed by atoms with Crippen LogP contribution in [0.5, 0.6) is 5.75 Å². The minimum atomic E-state index is 0.281. The van der Waals surface area contributed by atoms with E-state index in [9.17, 15) is 0 Å². The van der Waals surface area contributed by atoms with Crippen molar-refractivity contribution in [2.24, 2.45) is 0 Å². The first-order valence-corrected chi connectivity index (χ1v) is 8.07. The maximum Gasteiger partial charge on any atom is 0.124 e. The molecule has 0 aliphatic rings. The molecule has 1 aromatic carbocycles. The lowest BCUT2D eigenvalue weighted by Crippen LogP contribution is -2.19. The molecule has 0 saturated carbocycles. The van der Waals surface area contributed by atoms with E-state index in [1.54, 1.807) is 30.2 Å². The van der Waals surface area contributed by atoms with Crippen molar-refractivity contribution >= 4 is 23.1 Å². The molecule has 1 heterocycles. The van der Waals surface area contributed by atoms with Gasteiger partial charge in [-0.05, 0) is 37.0 Å². The first-order chi connectivity index (χ1) is 9.26. The average Bonchev–Trinajstić information content (AvgIpc) is 2.91. The highest BCUT2D eigenvalue weighted by Gasteiger charge is 2.16. The highest BCUT2D eigenvalue weighted by molar-refractivity contribution is 8.01. The fourth-order valence-electron chi connectivity index (χ4n) is 2.06. The Morgan fingerprint density at radius 1 is 1.32 bits per heavy atom. The number of hydrogen-bond donors (Lipinski definition) is 1. The Balaban J connectivity index is 2.35. The summed E-state index contributed by atoms with van der Waals surface area (Å²) in [6.45, 7) is 5.25. The molecule has 2 aromatic rings. The zero-order chi connectivity index (χ0) is 13.7. The molecule has 0 fully saturated rings. The van der Waals surface area contributed by atoms with E-state index < -0.39 is 0 Å². The van der Waals surface area contributed by atoms with Crippen molar-refractivity contribution < 1.29 is 4.74 Å². The molecule has 1 unspecified atom stereocenters. The smallest absolute Gasteiger partial charge is 0.124 e. The number of benzene rings is 1. The summed E-state index contributed by atoms with van der Waals surface area (Å²) >= 11 is 3.57. The number of thiophene rings is 1. The normalized spacial score (nSPS) is 12.4. The number of nitrogens with one attached hydrogen (secondary N) is 1. The molecule has 19 heavy (non-hydrogen) atoms. The molecule has 2 rings (SSSR count). The van der Waals surface area contributed by atoms with Crippen LogP contribution in [0.15, 0.2) is 44.8 Å². The van der Waals surface area contributed by atoms with Crippen molar-refractivity contribution in [1.82, 2.24) is 5.32 Å². The van der Waals surface area contributed by atoms with Crippen LogP contribution < -0.4 is 10.1 Å². The molecule has 2 nitrogen and oxygen atoms in total. The SMILES string of the molecule is CCNC(C)c1c(OC)cccc1Sc1cccs1. The van der Waals surface area contributed by atoms with Gasteiger partial charge in [0.05, 0.1) is 11.3 Å². The lowest BCUT2D eigenvalue weighted by Gasteiger charge is -2.19. The highest BCUT2D eigenvalue weighted by Crippen LogP contribution is 2.39. The van der Waals surface area contributed by atoms with Crippen molar-refractivity contribution in [1.29, 1.82) is 0 Å². The van der Waals surface area contributed by atoms with E-state index in [0.29, 0.717) is 0 Å². The third-order valence-corrected chi connectivity index (χ3v) is 5.01. The summed E-state index contributed by atoms with van der Waals surface area (Å²) in [6, 6.07) is 10.8. The second kappa shape index (κ2) is 6.98. The molecule has 1 N–H and O–H groups in total. The Kier molecular flexibility index (Phi) is 5.31. The molecule has 4 heteroatoms. The largest absolute Gasteiger partial charge is 0.496 e. The molecule has 0 saturated heterocycles. The molecule has 1 atom stereocenters. The van der Waals surface area contributed by atoms with Crippen LogP contribution in [0.25, 0.3) is 0 Å². The molecule has 1 aromatic heterocycles. The van der Waals surface area contributed by atoms with Crippen LogP contribution in [0.3, 0.4) is 0 Å². The van der Waals surface area contributed by atoms with E-state index in [-0.39, 0.29) is 6.04 Å². The molecular weight excluding hydrogens is 274 g/mol. The molecule has 0 aliphatic carbocycles. The van der Waals surface area contributed by atoms with Crippen LogP contribution in [0, 0.1) is 0 Å². The first kappa shape index (κ1) is 14.4. The van der Waals surface area contributed by atoms with Crippen LogP contribution >= 0.6 is 23.1 Å². The summed E-state index contributed by atoms with van der Waals surface area (Å²) in [5.74, 6) is 0.954. The van der Waals surface area contributed by atoms with Crippen molar-refractivity contribution in [2.45, 2.75) is 29.0 Å². The average molecular weight is 293 g/mol. The molecular formula is C15H19NOS2. The van der Waals surface area contributed by atoms with E-state index in [1.807, 2.05) is 6.07 Å². The van der Waals surface area contributed by atoms with Gasteiger partial charge in [-0.1, -0.05) is 30.8 Å². The molecule has 0 aliphatic heterocycles. The van der Waals surface area contributed by atoms with Crippen LogP contribution in [-0.2, 0) is 0 Å². The summed E-state index contributed by atoms with van der Waals surface area (Å²) < 4.78 is 6.83. The van der Waals surface area contributed by atoms with Crippen LogP contribution in [0.1, 0.15) is 25.5 Å². The Morgan fingerprint density at radius 3 is 2.79 bits per heavy atom. The van der Waals surface area contributed by atoms with Gasteiger partial charge < -0.3 is 10.1 Å². The van der Waals surface area contributed by atoms with Gasteiger partial charge in [0, 0.05) is 16.5 Å². The van der Waals surface area contributed by atoms with Crippen LogP contribution in [0.2, 0.25) is 0 Å². The molecule has 0 spiro atoms. The third kappa shape index (κ3) is 3.53. The first-order valence-electron chi connectivity index (χ1n) is 6.38. The van der Waals surface area contributed by atoms with Crippen molar-refractivity contribution in [3.05, 3.63) is 41.3 Å². The van der Waals surface area contributed by atoms with E-state index in [1.165, 1.54) is 14.7 Å². The summed E-state index contributed by atoms with van der Waals surface area (Å²) in [6.07, 6.45) is 0. The Hall–Kier alpha value is -0.970. The summed E-state index contributed by atoms with van der Waals surface area (Å²) in [5.41, 5.74) is 1.24. The van der Waals surface area contributed by atoms with Gasteiger partial charge >= 0.3 is 0 Å². The fraction of sp³-hybridized carbons (Fsp3) is 0.333. The van der Waals surface area contributed by atoms with Gasteiger partial charge in [-0.3, -0.25) is 0 Å². The zero-order valence-corrected chi connectivity index (χ0v) is 13.1. The van der Waals surface area contributed by atoms with Gasteiger partial charge in [0.25, 0.3) is 0 Å². The monoisotopic (exact) mass is 293 g/mol. The van der Waals surface area contributed by atoms with Gasteiger partial charge in [0.1, 0.15) is 5.75 Å². The molecule has 0 amide bonds. The predicted molar refractivity (Wildman–Crippen MR) is 83.5 cm³/mol. The van der Waals surface area contributed by atoms with E-state index in [4.69, 9.17) is 4.74 Å². The maximum atomic E-state index is 5.52. The maximum absolute atomic E-state index is 5.52. The fourth-order valence-corrected chi connectivity index (χ4v) is 4.03. The standard InChI is InChI=1S/C15H19NOS2/c1-4-16-11(2)15-12(17-3)7-5-8-13(15)19-14-9-6-10-18-14/h5-11,16H,4H2,1-3H3. The Bertz CT molecular complexity index is 511. The van der Waals surface area contributed by atoms with Crippen molar-refractivity contribution in [3.63, 3.8) is 0 Å². The van der Waals surface area contributed by atoms with Crippen LogP contribution in [0.4, 0.5) is 0 Å². The number of methoxy groups -OCH3 is 1. The highest BCUT2D eigenvalue weighted by atomic mass is 32.2. The number of ether oxygens (including phenoxy) is 1. The number of hydrogen-bond acceptors (Lipinski definition) is 4. The summed E-state index contributed by atoms with van der Waals surface area (Å²) in [5, 5.41) is 5.57. The van der Waals surface area contributed by atoms with E-state index in [0.717, 1.165) is 12.3 Å². The lowest BCUT2D eigenvalue weighted by atomic mass is 10.1. The zero-order valence-electron chi connectivity index (χ0n) is 11.5. The van der Waals surface area contributed by atoms with Gasteiger partial charge in [-0.2, -0.15) is 0 Å². The minimum absolute atomic E-state index is 0.281. The number of rotatable bonds is 6. The molecule has 0 bridgehead atoms. The molecule has 0 radical (unpaired) electrons. The predicted octanol–water partition coefficient (Wildman–Crippen LogP) is 4.58. The van der Waals surface area contributed by atoms with E-state index in [2.05, 4.69) is 48.8 Å². The lowest BCUT2D eigenvalue weighted by molar-refractivity contribution is 0.400. The summed E-state index contributed by atoms with van der Waals surface area (Å²) in [7, 11) is 1.73. The minimum Gasteiger partial charge on any atom is -0.496 e. The van der Waals surface area contributed by atoms with Gasteiger partial charge in [-0.25, -0.2) is 0 Å². The third-order valence-electron chi connectivity index (χ3n) is 2.89. The van der Waals surface area contributed by atoms with Gasteiger partial charge in [0.2, 0.25) is 0 Å². The Morgan fingerprint density at radius 2 is 2.16 bits per heavy atom. The van der Waals surface area contributed by atoms with Crippen LogP contribution in [-0.4, -0.2) is 13.7 Å². The topological polar surface area (TPSA) is 21.3 Å². The second-order valence-electron chi connectivity index (χ2n) is 4.19. The quantitative estimate of drug-likeness (QED) is 0.842. The van der Waals surface area contributed by atoms with Gasteiger partial charge in [-0.15, -0.1) is 11.3 Å². The van der Waals surface area contributed by atoms with Crippen molar-refractivity contribution in [3.8, 4) is 5.75 Å². The second-order valence-corrected chi connectivity index (χ2v) is 6.48. The molecule has 102 valence electrons. The van der Waals surface area contributed by atoms with E-state index >= 15 is 0 Å². The summed E-state index contributed by atoms with van der Waals surface area (Å²) in [4.78, 5) is 1.26. The Labute approximate surface area is 123 Å². The van der Waals surface area contributed by atoms with Gasteiger partial charge in [0.15, 0.2) is 0 Å².